The van der Waals surface area contributed by atoms with Crippen molar-refractivity contribution in [2.24, 2.45) is 11.3 Å². The van der Waals surface area contributed by atoms with E-state index in [1.165, 1.54) is 51.4 Å². The predicted octanol–water partition coefficient (Wildman–Crippen LogP) is 11.4. The van der Waals surface area contributed by atoms with Crippen molar-refractivity contribution in [2.75, 3.05) is 46.6 Å². The third-order valence-electron chi connectivity index (χ3n) is 10.7. The van der Waals surface area contributed by atoms with Gasteiger partial charge in [-0.25, -0.2) is 0 Å². The van der Waals surface area contributed by atoms with E-state index in [0.717, 1.165) is 109 Å². The molecule has 0 aromatic heterocycles. The van der Waals surface area contributed by atoms with Gasteiger partial charge in [0, 0.05) is 25.8 Å². The maximum absolute atomic E-state index is 13.0. The smallest absolute Gasteiger partial charge is 0.313 e. The fourth-order valence-corrected chi connectivity index (χ4v) is 6.90. The van der Waals surface area contributed by atoms with Crippen LogP contribution in [0.5, 0.6) is 0 Å². The molecule has 1 saturated heterocycles. The molecular formula is C47H83NO8. The maximum atomic E-state index is 13.0. The van der Waals surface area contributed by atoms with Gasteiger partial charge in [0.25, 0.3) is 0 Å². The number of allylic oxidation sites excluding steroid dienone is 4. The van der Waals surface area contributed by atoms with E-state index < -0.39 is 11.3 Å². The van der Waals surface area contributed by atoms with Gasteiger partial charge in [-0.1, -0.05) is 128 Å². The minimum atomic E-state index is -0.565. The van der Waals surface area contributed by atoms with E-state index in [0.29, 0.717) is 32.4 Å². The molecule has 1 heterocycles. The fourth-order valence-electron chi connectivity index (χ4n) is 6.90. The van der Waals surface area contributed by atoms with Crippen LogP contribution in [0, 0.1) is 11.3 Å². The fraction of sp³-hybridized carbons (Fsp3) is 0.830. The number of hydrogen-bond acceptors (Lipinski definition) is 9. The average Bonchev–Trinajstić information content (AvgIpc) is 3.55. The molecule has 2 unspecified atom stereocenters. The van der Waals surface area contributed by atoms with Crippen LogP contribution in [-0.2, 0) is 38.1 Å². The van der Waals surface area contributed by atoms with Crippen molar-refractivity contribution < 1.29 is 38.1 Å². The monoisotopic (exact) mass is 790 g/mol. The second-order valence-corrected chi connectivity index (χ2v) is 16.5. The number of carbonyl (C=O) groups is 4. The second kappa shape index (κ2) is 35.5. The minimum absolute atomic E-state index is 0.0364. The van der Waals surface area contributed by atoms with Gasteiger partial charge in [0.2, 0.25) is 0 Å². The molecular weight excluding hydrogens is 707 g/mol. The van der Waals surface area contributed by atoms with Crippen LogP contribution in [-0.4, -0.2) is 75.3 Å². The lowest BCUT2D eigenvalue weighted by Crippen LogP contribution is -2.35. The third kappa shape index (κ3) is 29.5. The quantitative estimate of drug-likeness (QED) is 0.0263. The first-order valence-electron chi connectivity index (χ1n) is 22.8. The Morgan fingerprint density at radius 3 is 1.50 bits per heavy atom. The summed E-state index contributed by atoms with van der Waals surface area (Å²) in [7, 11) is 1.99. The molecule has 0 saturated carbocycles. The normalized spacial score (nSPS) is 16.4. The van der Waals surface area contributed by atoms with Crippen molar-refractivity contribution in [3.8, 4) is 0 Å². The molecule has 2 atom stereocenters. The summed E-state index contributed by atoms with van der Waals surface area (Å²) in [6.07, 6.45) is 35.8. The molecule has 9 heteroatoms. The molecule has 56 heavy (non-hydrogen) atoms. The number of rotatable bonds is 37. The average molecular weight is 790 g/mol. The standard InChI is InChI=1S/C47H83NO8/c1-5-7-9-11-13-14-15-16-17-18-19-20-21-24-29-33-44(50)54-38-42(40-56-46(52)47(3)35-36-48(4)41-47)39-55-45(51)34-30-26-23-22-25-28-32-43(49)53-37-31-27-12-10-8-6-2/h13-14,16-17,42H,5-12,15,18-41H2,1-4H3/b14-13-,17-16-. The number of unbranched alkanes of at least 4 members (excludes halogenated alkanes) is 18. The van der Waals surface area contributed by atoms with E-state index in [2.05, 4.69) is 43.1 Å². The second-order valence-electron chi connectivity index (χ2n) is 16.5. The van der Waals surface area contributed by atoms with Crippen LogP contribution in [0.4, 0.5) is 0 Å². The Kier molecular flexibility index (Phi) is 32.5. The van der Waals surface area contributed by atoms with E-state index in [-0.39, 0.29) is 43.7 Å². The number of hydrogen-bond donors (Lipinski definition) is 0. The summed E-state index contributed by atoms with van der Waals surface area (Å²) < 4.78 is 22.2. The van der Waals surface area contributed by atoms with Gasteiger partial charge < -0.3 is 23.8 Å². The molecule has 1 rings (SSSR count). The molecule has 1 aliphatic heterocycles. The summed E-state index contributed by atoms with van der Waals surface area (Å²) in [5.74, 6) is -1.35. The minimum Gasteiger partial charge on any atom is -0.466 e. The number of nitrogens with zero attached hydrogens (tertiary/aromatic N) is 1. The van der Waals surface area contributed by atoms with Gasteiger partial charge in [0.05, 0.1) is 17.9 Å². The Labute approximate surface area is 342 Å². The van der Waals surface area contributed by atoms with Crippen molar-refractivity contribution in [1.82, 2.24) is 4.90 Å². The highest BCUT2D eigenvalue weighted by Crippen LogP contribution is 2.30. The van der Waals surface area contributed by atoms with E-state index in [9.17, 15) is 19.2 Å². The number of esters is 4. The maximum Gasteiger partial charge on any atom is 0.313 e. The molecule has 1 aliphatic rings. The largest absolute Gasteiger partial charge is 0.466 e. The lowest BCUT2D eigenvalue weighted by Gasteiger charge is -2.24. The van der Waals surface area contributed by atoms with Crippen molar-refractivity contribution in [3.63, 3.8) is 0 Å². The Morgan fingerprint density at radius 1 is 0.554 bits per heavy atom. The van der Waals surface area contributed by atoms with Crippen LogP contribution in [0.3, 0.4) is 0 Å². The first-order chi connectivity index (χ1) is 27.2. The molecule has 0 bridgehead atoms. The molecule has 0 spiro atoms. The topological polar surface area (TPSA) is 108 Å². The number of carbonyl (C=O) groups excluding carboxylic acids is 4. The lowest BCUT2D eigenvalue weighted by molar-refractivity contribution is -0.159. The Bertz CT molecular complexity index is 1070. The SMILES string of the molecule is CCCCC/C=C\C/C=C\CCCCCCCC(=O)OCC(COC(=O)CCCCCCCCC(=O)OCCCCCCCC)COC(=O)C1(C)CCN(C)C1. The first kappa shape index (κ1) is 51.3. The van der Waals surface area contributed by atoms with Gasteiger partial charge in [-0.15, -0.1) is 0 Å². The van der Waals surface area contributed by atoms with Crippen LogP contribution in [0.25, 0.3) is 0 Å². The zero-order chi connectivity index (χ0) is 41.0. The predicted molar refractivity (Wildman–Crippen MR) is 227 cm³/mol. The van der Waals surface area contributed by atoms with Crippen LogP contribution in [0.2, 0.25) is 0 Å². The molecule has 0 aromatic rings. The number of likely N-dealkylation sites (tertiary alicyclic amines) is 1. The zero-order valence-corrected chi connectivity index (χ0v) is 36.4. The molecule has 0 aliphatic carbocycles. The molecule has 324 valence electrons. The summed E-state index contributed by atoms with van der Waals surface area (Å²) in [5, 5.41) is 0. The number of ether oxygens (including phenoxy) is 4. The molecule has 0 N–H and O–H groups in total. The summed E-state index contributed by atoms with van der Waals surface area (Å²) in [4.78, 5) is 52.2. The van der Waals surface area contributed by atoms with Crippen molar-refractivity contribution >= 4 is 23.9 Å². The van der Waals surface area contributed by atoms with E-state index >= 15 is 0 Å². The molecule has 9 nitrogen and oxygen atoms in total. The van der Waals surface area contributed by atoms with Crippen molar-refractivity contribution in [3.05, 3.63) is 24.3 Å². The highest BCUT2D eigenvalue weighted by molar-refractivity contribution is 5.77. The molecule has 1 fully saturated rings. The van der Waals surface area contributed by atoms with Gasteiger partial charge in [0.15, 0.2) is 0 Å². The molecule has 0 aromatic carbocycles. The van der Waals surface area contributed by atoms with Gasteiger partial charge in [-0.2, -0.15) is 0 Å². The zero-order valence-electron chi connectivity index (χ0n) is 36.4. The van der Waals surface area contributed by atoms with Crippen molar-refractivity contribution in [1.29, 1.82) is 0 Å². The Hall–Kier alpha value is -2.68. The highest BCUT2D eigenvalue weighted by Gasteiger charge is 2.40. The van der Waals surface area contributed by atoms with Gasteiger partial charge in [-0.3, -0.25) is 19.2 Å². The molecule has 0 amide bonds. The van der Waals surface area contributed by atoms with Crippen LogP contribution in [0.1, 0.15) is 194 Å². The van der Waals surface area contributed by atoms with E-state index in [1.54, 1.807) is 0 Å². The van der Waals surface area contributed by atoms with E-state index in [4.69, 9.17) is 18.9 Å². The van der Waals surface area contributed by atoms with Crippen LogP contribution >= 0.6 is 0 Å². The van der Waals surface area contributed by atoms with Crippen molar-refractivity contribution in [2.45, 2.75) is 194 Å². The van der Waals surface area contributed by atoms with Crippen LogP contribution in [0.15, 0.2) is 24.3 Å². The lowest BCUT2D eigenvalue weighted by atomic mass is 9.90. The van der Waals surface area contributed by atoms with Gasteiger partial charge in [0.1, 0.15) is 19.8 Å². The third-order valence-corrected chi connectivity index (χ3v) is 10.7. The van der Waals surface area contributed by atoms with E-state index in [1.807, 2.05) is 14.0 Å². The first-order valence-corrected chi connectivity index (χ1v) is 22.8. The summed E-state index contributed by atoms with van der Waals surface area (Å²) in [6.45, 7) is 8.49. The van der Waals surface area contributed by atoms with Gasteiger partial charge >= 0.3 is 23.9 Å². The highest BCUT2D eigenvalue weighted by atomic mass is 16.6. The van der Waals surface area contributed by atoms with Crippen LogP contribution < -0.4 is 0 Å². The Balaban J connectivity index is 2.26. The summed E-state index contributed by atoms with van der Waals surface area (Å²) in [6, 6.07) is 0. The summed E-state index contributed by atoms with van der Waals surface area (Å²) in [5.41, 5.74) is -0.565. The Morgan fingerprint density at radius 2 is 0.982 bits per heavy atom. The molecule has 0 radical (unpaired) electrons. The summed E-state index contributed by atoms with van der Waals surface area (Å²) >= 11 is 0. The van der Waals surface area contributed by atoms with Gasteiger partial charge in [-0.05, 0) is 84.7 Å².